The molecule has 0 bridgehead atoms. The fraction of sp³-hybridized carbons (Fsp3) is 1.00. The third kappa shape index (κ3) is 4.73. The number of nitrogens with zero attached hydrogens (tertiary/aromatic N) is 1. The van der Waals surface area contributed by atoms with Crippen LogP contribution in [0.3, 0.4) is 0 Å². The van der Waals surface area contributed by atoms with E-state index in [2.05, 4.69) is 31.0 Å². The van der Waals surface area contributed by atoms with Gasteiger partial charge in [0.1, 0.15) is 0 Å². The quantitative estimate of drug-likeness (QED) is 0.764. The Hall–Kier alpha value is -0.0800. The summed E-state index contributed by atoms with van der Waals surface area (Å²) in [6.07, 6.45) is 11.3. The highest BCUT2D eigenvalue weighted by Crippen LogP contribution is 2.26. The van der Waals surface area contributed by atoms with Gasteiger partial charge in [-0.2, -0.15) is 0 Å². The van der Waals surface area contributed by atoms with Gasteiger partial charge in [0.15, 0.2) is 0 Å². The molecule has 0 aromatic heterocycles. The number of piperidine rings is 1. The van der Waals surface area contributed by atoms with Gasteiger partial charge in [-0.25, -0.2) is 0 Å². The number of hydrogen-bond donors (Lipinski definition) is 1. The van der Waals surface area contributed by atoms with Gasteiger partial charge in [-0.15, -0.1) is 0 Å². The fourth-order valence-electron chi connectivity index (χ4n) is 4.23. The summed E-state index contributed by atoms with van der Waals surface area (Å²) in [7, 11) is 0. The van der Waals surface area contributed by atoms with E-state index in [4.69, 9.17) is 0 Å². The van der Waals surface area contributed by atoms with E-state index in [1.807, 2.05) is 0 Å². The van der Waals surface area contributed by atoms with E-state index >= 15 is 0 Å². The van der Waals surface area contributed by atoms with Gasteiger partial charge in [0.05, 0.1) is 0 Å². The van der Waals surface area contributed by atoms with Crippen molar-refractivity contribution in [2.24, 2.45) is 11.8 Å². The van der Waals surface area contributed by atoms with Crippen LogP contribution >= 0.6 is 0 Å². The van der Waals surface area contributed by atoms with Gasteiger partial charge < -0.3 is 10.2 Å². The topological polar surface area (TPSA) is 15.3 Å². The van der Waals surface area contributed by atoms with Crippen LogP contribution in [0.1, 0.15) is 72.1 Å². The van der Waals surface area contributed by atoms with Crippen molar-refractivity contribution >= 4 is 0 Å². The molecular formula is C18H36N2. The molecule has 1 aliphatic heterocycles. The van der Waals surface area contributed by atoms with Crippen molar-refractivity contribution in [2.45, 2.75) is 84.2 Å². The van der Waals surface area contributed by atoms with Crippen LogP contribution in [0, 0.1) is 11.8 Å². The SMILES string of the molecule is CCCN1CCCC(C(C)NC2CCCCCC2C)C1. The van der Waals surface area contributed by atoms with Crippen LogP contribution in [0.5, 0.6) is 0 Å². The smallest absolute Gasteiger partial charge is 0.00952 e. The largest absolute Gasteiger partial charge is 0.311 e. The second kappa shape index (κ2) is 8.38. The fourth-order valence-corrected chi connectivity index (χ4v) is 4.23. The lowest BCUT2D eigenvalue weighted by atomic mass is 9.89. The van der Waals surface area contributed by atoms with Crippen molar-refractivity contribution in [3.05, 3.63) is 0 Å². The summed E-state index contributed by atoms with van der Waals surface area (Å²) < 4.78 is 0. The lowest BCUT2D eigenvalue weighted by Crippen LogP contribution is -2.49. The van der Waals surface area contributed by atoms with Crippen LogP contribution in [0.25, 0.3) is 0 Å². The molecule has 2 aliphatic rings. The van der Waals surface area contributed by atoms with Crippen LogP contribution in [0.15, 0.2) is 0 Å². The van der Waals surface area contributed by atoms with E-state index in [0.29, 0.717) is 6.04 Å². The van der Waals surface area contributed by atoms with E-state index in [1.54, 1.807) is 0 Å². The first kappa shape index (κ1) is 16.3. The number of likely N-dealkylation sites (tertiary alicyclic amines) is 1. The van der Waals surface area contributed by atoms with Crippen molar-refractivity contribution in [1.29, 1.82) is 0 Å². The van der Waals surface area contributed by atoms with Crippen molar-refractivity contribution in [3.63, 3.8) is 0 Å². The third-order valence-corrected chi connectivity index (χ3v) is 5.63. The molecule has 4 unspecified atom stereocenters. The van der Waals surface area contributed by atoms with Gasteiger partial charge >= 0.3 is 0 Å². The molecule has 20 heavy (non-hydrogen) atoms. The predicted octanol–water partition coefficient (Wildman–Crippen LogP) is 4.06. The molecule has 1 aliphatic carbocycles. The van der Waals surface area contributed by atoms with Gasteiger partial charge in [0.25, 0.3) is 0 Å². The van der Waals surface area contributed by atoms with Gasteiger partial charge in [-0.05, 0) is 64.0 Å². The first-order chi connectivity index (χ1) is 9.70. The second-order valence-corrected chi connectivity index (χ2v) is 7.38. The standard InChI is InChI=1S/C18H36N2/c1-4-12-20-13-8-10-17(14-20)16(3)19-18-11-7-5-6-9-15(18)2/h15-19H,4-14H2,1-3H3. The molecule has 4 atom stereocenters. The van der Waals surface area contributed by atoms with Crippen molar-refractivity contribution in [2.75, 3.05) is 19.6 Å². The van der Waals surface area contributed by atoms with Crippen LogP contribution in [-0.2, 0) is 0 Å². The van der Waals surface area contributed by atoms with Crippen LogP contribution in [-0.4, -0.2) is 36.6 Å². The van der Waals surface area contributed by atoms with Crippen molar-refractivity contribution < 1.29 is 0 Å². The van der Waals surface area contributed by atoms with Crippen LogP contribution in [0.2, 0.25) is 0 Å². The summed E-state index contributed by atoms with van der Waals surface area (Å²) in [4.78, 5) is 2.68. The zero-order valence-corrected chi connectivity index (χ0v) is 14.0. The Morgan fingerprint density at radius 2 is 1.90 bits per heavy atom. The maximum Gasteiger partial charge on any atom is 0.00952 e. The Bertz CT molecular complexity index is 264. The van der Waals surface area contributed by atoms with Crippen molar-refractivity contribution in [1.82, 2.24) is 10.2 Å². The van der Waals surface area contributed by atoms with Crippen molar-refractivity contribution in [3.8, 4) is 0 Å². The Balaban J connectivity index is 1.81. The minimum atomic E-state index is 0.695. The van der Waals surface area contributed by atoms with E-state index < -0.39 is 0 Å². The zero-order valence-electron chi connectivity index (χ0n) is 14.0. The van der Waals surface area contributed by atoms with Crippen LogP contribution in [0.4, 0.5) is 0 Å². The molecule has 1 N–H and O–H groups in total. The lowest BCUT2D eigenvalue weighted by molar-refractivity contribution is 0.141. The highest BCUT2D eigenvalue weighted by atomic mass is 15.1. The average molecular weight is 280 g/mol. The highest BCUT2D eigenvalue weighted by molar-refractivity contribution is 4.85. The maximum atomic E-state index is 4.01. The Kier molecular flexibility index (Phi) is 6.83. The molecule has 1 saturated carbocycles. The van der Waals surface area contributed by atoms with E-state index in [-0.39, 0.29) is 0 Å². The normalized spacial score (nSPS) is 34.6. The van der Waals surface area contributed by atoms with Gasteiger partial charge in [0, 0.05) is 18.6 Å². The molecule has 0 spiro atoms. The monoisotopic (exact) mass is 280 g/mol. The molecular weight excluding hydrogens is 244 g/mol. The Morgan fingerprint density at radius 3 is 2.70 bits per heavy atom. The summed E-state index contributed by atoms with van der Waals surface area (Å²) in [5.74, 6) is 1.74. The summed E-state index contributed by atoms with van der Waals surface area (Å²) in [5.41, 5.74) is 0. The maximum absolute atomic E-state index is 4.01. The molecule has 0 aromatic rings. The van der Waals surface area contributed by atoms with E-state index in [9.17, 15) is 0 Å². The minimum Gasteiger partial charge on any atom is -0.311 e. The number of nitrogens with one attached hydrogen (secondary N) is 1. The van der Waals surface area contributed by atoms with Gasteiger partial charge in [-0.1, -0.05) is 33.1 Å². The molecule has 1 heterocycles. The molecule has 1 saturated heterocycles. The first-order valence-corrected chi connectivity index (χ1v) is 9.19. The molecule has 2 fully saturated rings. The summed E-state index contributed by atoms with van der Waals surface area (Å²) in [6, 6.07) is 1.47. The Morgan fingerprint density at radius 1 is 1.10 bits per heavy atom. The van der Waals surface area contributed by atoms with Gasteiger partial charge in [-0.3, -0.25) is 0 Å². The Labute approximate surface area is 126 Å². The summed E-state index contributed by atoms with van der Waals surface area (Å²) >= 11 is 0. The first-order valence-electron chi connectivity index (χ1n) is 9.19. The van der Waals surface area contributed by atoms with Crippen LogP contribution < -0.4 is 5.32 Å². The molecule has 0 radical (unpaired) electrons. The zero-order chi connectivity index (χ0) is 14.4. The molecule has 2 rings (SSSR count). The minimum absolute atomic E-state index is 0.695. The molecule has 118 valence electrons. The summed E-state index contributed by atoms with van der Waals surface area (Å²) in [6.45, 7) is 11.2. The average Bonchev–Trinajstić information content (AvgIpc) is 2.65. The second-order valence-electron chi connectivity index (χ2n) is 7.38. The predicted molar refractivity (Wildman–Crippen MR) is 88.1 cm³/mol. The molecule has 2 nitrogen and oxygen atoms in total. The summed E-state index contributed by atoms with van der Waals surface area (Å²) in [5, 5.41) is 4.01. The molecule has 0 aromatic carbocycles. The molecule has 2 heteroatoms. The van der Waals surface area contributed by atoms with E-state index in [0.717, 1.165) is 17.9 Å². The molecule has 0 amide bonds. The van der Waals surface area contributed by atoms with E-state index in [1.165, 1.54) is 71.0 Å². The van der Waals surface area contributed by atoms with Gasteiger partial charge in [0.2, 0.25) is 0 Å². The number of rotatable bonds is 5. The highest BCUT2D eigenvalue weighted by Gasteiger charge is 2.27. The third-order valence-electron chi connectivity index (χ3n) is 5.63. The number of hydrogen-bond acceptors (Lipinski definition) is 2. The lowest BCUT2D eigenvalue weighted by Gasteiger charge is -2.38.